The number of nitrogens with zero attached hydrogens (tertiary/aromatic N) is 3. The van der Waals surface area contributed by atoms with Crippen LogP contribution in [0.3, 0.4) is 0 Å². The largest absolute Gasteiger partial charge is 0.324 e. The molecule has 2 rings (SSSR count). The number of hydrogen-bond donors (Lipinski definition) is 1. The summed E-state index contributed by atoms with van der Waals surface area (Å²) >= 11 is 13.3. The van der Waals surface area contributed by atoms with Crippen LogP contribution in [0.25, 0.3) is 0 Å². The molecule has 1 amide bonds. The Labute approximate surface area is 149 Å². The summed E-state index contributed by atoms with van der Waals surface area (Å²) in [7, 11) is 0. The molecule has 0 aliphatic carbocycles. The minimum atomic E-state index is -0.378. The maximum absolute atomic E-state index is 12.3. The van der Waals surface area contributed by atoms with Gasteiger partial charge in [-0.25, -0.2) is 0 Å². The summed E-state index contributed by atoms with van der Waals surface area (Å²) < 4.78 is 1.90. The van der Waals surface area contributed by atoms with Crippen LogP contribution in [-0.2, 0) is 11.3 Å². The van der Waals surface area contributed by atoms with E-state index in [1.807, 2.05) is 11.5 Å². The number of anilines is 1. The van der Waals surface area contributed by atoms with Crippen molar-refractivity contribution in [3.8, 4) is 0 Å². The second-order valence-electron chi connectivity index (χ2n) is 4.80. The highest BCUT2D eigenvalue weighted by Gasteiger charge is 2.19. The van der Waals surface area contributed by atoms with Crippen LogP contribution < -0.4 is 5.32 Å². The van der Waals surface area contributed by atoms with Crippen molar-refractivity contribution in [1.82, 2.24) is 14.8 Å². The van der Waals surface area contributed by atoms with Crippen LogP contribution in [-0.4, -0.2) is 25.9 Å². The Morgan fingerprint density at radius 1 is 1.48 bits per heavy atom. The minimum Gasteiger partial charge on any atom is -0.324 e. The third-order valence-electron chi connectivity index (χ3n) is 3.05. The lowest BCUT2D eigenvalue weighted by atomic mass is 10.3. The van der Waals surface area contributed by atoms with Crippen molar-refractivity contribution in [3.05, 3.63) is 46.7 Å². The maximum Gasteiger partial charge on any atom is 0.237 e. The van der Waals surface area contributed by atoms with E-state index in [0.717, 1.165) is 5.82 Å². The number of hydrogen-bond acceptors (Lipinski definition) is 4. The average molecular weight is 371 g/mol. The minimum absolute atomic E-state index is 0.190. The molecule has 122 valence electrons. The van der Waals surface area contributed by atoms with Gasteiger partial charge in [-0.2, -0.15) is 0 Å². The second-order valence-corrected chi connectivity index (χ2v) is 6.95. The van der Waals surface area contributed by atoms with Crippen molar-refractivity contribution in [1.29, 1.82) is 0 Å². The normalized spacial score (nSPS) is 12.0. The first-order valence-electron chi connectivity index (χ1n) is 6.85. The summed E-state index contributed by atoms with van der Waals surface area (Å²) in [4.78, 5) is 12.3. The standard InChI is InChI=1S/C15H16Cl2N4OS/c1-4-7-21-10(3)19-20-15(21)23-9(2)14(22)18-13-8-11(16)5-6-12(13)17/h4-6,8-9H,1,7H2,2-3H3,(H,18,22)/t9-/m0/s1. The molecule has 0 saturated heterocycles. The van der Waals surface area contributed by atoms with Gasteiger partial charge in [0, 0.05) is 11.6 Å². The van der Waals surface area contributed by atoms with Crippen LogP contribution in [0.4, 0.5) is 5.69 Å². The molecule has 1 N–H and O–H groups in total. The van der Waals surface area contributed by atoms with Gasteiger partial charge in [0.15, 0.2) is 5.16 Å². The van der Waals surface area contributed by atoms with Crippen LogP contribution in [0, 0.1) is 6.92 Å². The molecule has 0 fully saturated rings. The summed E-state index contributed by atoms with van der Waals surface area (Å²) in [5.74, 6) is 0.586. The molecular formula is C15H16Cl2N4OS. The number of nitrogens with one attached hydrogen (secondary N) is 1. The Morgan fingerprint density at radius 3 is 2.91 bits per heavy atom. The SMILES string of the molecule is C=CCn1c(C)nnc1S[C@@H](C)C(=O)Nc1cc(Cl)ccc1Cl. The van der Waals surface area contributed by atoms with Crippen LogP contribution in [0.1, 0.15) is 12.7 Å². The van der Waals surface area contributed by atoms with Crippen molar-refractivity contribution in [2.75, 3.05) is 5.32 Å². The zero-order chi connectivity index (χ0) is 17.0. The Hall–Kier alpha value is -1.50. The van der Waals surface area contributed by atoms with Gasteiger partial charge in [0.1, 0.15) is 5.82 Å². The molecule has 0 saturated carbocycles. The highest BCUT2D eigenvalue weighted by atomic mass is 35.5. The molecule has 2 aromatic rings. The summed E-state index contributed by atoms with van der Waals surface area (Å²) in [5.41, 5.74) is 0.486. The van der Waals surface area contributed by atoms with Crippen molar-refractivity contribution in [2.45, 2.75) is 30.8 Å². The first-order chi connectivity index (χ1) is 10.9. The average Bonchev–Trinajstić information content (AvgIpc) is 2.84. The molecule has 0 radical (unpaired) electrons. The number of amides is 1. The molecule has 1 heterocycles. The predicted octanol–water partition coefficient (Wildman–Crippen LogP) is 4.20. The third-order valence-corrected chi connectivity index (χ3v) is 4.70. The number of carbonyl (C=O) groups excluding carboxylic acids is 1. The monoisotopic (exact) mass is 370 g/mol. The van der Waals surface area contributed by atoms with Gasteiger partial charge in [-0.1, -0.05) is 41.0 Å². The number of thioether (sulfide) groups is 1. The van der Waals surface area contributed by atoms with E-state index >= 15 is 0 Å². The van der Waals surface area contributed by atoms with Gasteiger partial charge in [0.2, 0.25) is 5.91 Å². The molecule has 0 bridgehead atoms. The molecule has 0 spiro atoms. The summed E-state index contributed by atoms with van der Waals surface area (Å²) in [6.07, 6.45) is 1.76. The first kappa shape index (κ1) is 17.8. The number of aryl methyl sites for hydroxylation is 1. The van der Waals surface area contributed by atoms with Gasteiger partial charge in [0.05, 0.1) is 16.0 Å². The molecule has 0 unspecified atom stereocenters. The van der Waals surface area contributed by atoms with Gasteiger partial charge in [0.25, 0.3) is 0 Å². The van der Waals surface area contributed by atoms with Gasteiger partial charge < -0.3 is 9.88 Å². The topological polar surface area (TPSA) is 59.8 Å². The number of benzene rings is 1. The van der Waals surface area contributed by atoms with E-state index in [0.29, 0.717) is 27.4 Å². The van der Waals surface area contributed by atoms with Crippen molar-refractivity contribution in [2.24, 2.45) is 0 Å². The van der Waals surface area contributed by atoms with Crippen LogP contribution in [0.15, 0.2) is 36.0 Å². The lowest BCUT2D eigenvalue weighted by molar-refractivity contribution is -0.115. The van der Waals surface area contributed by atoms with Gasteiger partial charge >= 0.3 is 0 Å². The van der Waals surface area contributed by atoms with E-state index in [-0.39, 0.29) is 11.2 Å². The molecule has 23 heavy (non-hydrogen) atoms. The zero-order valence-electron chi connectivity index (χ0n) is 12.7. The summed E-state index contributed by atoms with van der Waals surface area (Å²) in [6, 6.07) is 4.92. The number of aromatic nitrogens is 3. The van der Waals surface area contributed by atoms with Gasteiger partial charge in [-0.05, 0) is 32.0 Å². The number of allylic oxidation sites excluding steroid dienone is 1. The zero-order valence-corrected chi connectivity index (χ0v) is 15.0. The fourth-order valence-electron chi connectivity index (χ4n) is 1.83. The van der Waals surface area contributed by atoms with Crippen molar-refractivity contribution >= 4 is 46.6 Å². The van der Waals surface area contributed by atoms with E-state index in [1.165, 1.54) is 11.8 Å². The van der Waals surface area contributed by atoms with Crippen LogP contribution in [0.5, 0.6) is 0 Å². The highest BCUT2D eigenvalue weighted by molar-refractivity contribution is 8.00. The van der Waals surface area contributed by atoms with Crippen LogP contribution >= 0.6 is 35.0 Å². The number of rotatable bonds is 6. The first-order valence-corrected chi connectivity index (χ1v) is 8.49. The van der Waals surface area contributed by atoms with Gasteiger partial charge in [-0.15, -0.1) is 16.8 Å². The van der Waals surface area contributed by atoms with Crippen molar-refractivity contribution in [3.63, 3.8) is 0 Å². The number of halogens is 2. The molecule has 1 atom stereocenters. The molecule has 1 aromatic carbocycles. The predicted molar refractivity (Wildman–Crippen MR) is 95.4 cm³/mol. The second kappa shape index (κ2) is 7.86. The molecule has 8 heteroatoms. The van der Waals surface area contributed by atoms with E-state index < -0.39 is 0 Å². The Morgan fingerprint density at radius 2 is 2.22 bits per heavy atom. The van der Waals surface area contributed by atoms with E-state index in [1.54, 1.807) is 31.2 Å². The van der Waals surface area contributed by atoms with Crippen molar-refractivity contribution < 1.29 is 4.79 Å². The Balaban J connectivity index is 2.08. The Bertz CT molecular complexity index is 732. The molecular weight excluding hydrogens is 355 g/mol. The highest BCUT2D eigenvalue weighted by Crippen LogP contribution is 2.28. The lowest BCUT2D eigenvalue weighted by Gasteiger charge is -2.13. The van der Waals surface area contributed by atoms with Gasteiger partial charge in [-0.3, -0.25) is 4.79 Å². The lowest BCUT2D eigenvalue weighted by Crippen LogP contribution is -2.23. The maximum atomic E-state index is 12.3. The Kier molecular flexibility index (Phi) is 6.10. The fraction of sp³-hybridized carbons (Fsp3) is 0.267. The van der Waals surface area contributed by atoms with E-state index in [2.05, 4.69) is 22.1 Å². The smallest absolute Gasteiger partial charge is 0.237 e. The molecule has 1 aromatic heterocycles. The summed E-state index contributed by atoms with van der Waals surface area (Å²) in [6.45, 7) is 7.96. The molecule has 0 aliphatic heterocycles. The fourth-order valence-corrected chi connectivity index (χ4v) is 3.07. The van der Waals surface area contributed by atoms with E-state index in [9.17, 15) is 4.79 Å². The van der Waals surface area contributed by atoms with E-state index in [4.69, 9.17) is 23.2 Å². The third kappa shape index (κ3) is 4.50. The van der Waals surface area contributed by atoms with Crippen LogP contribution in [0.2, 0.25) is 10.0 Å². The quantitative estimate of drug-likeness (QED) is 0.611. The molecule has 0 aliphatic rings. The molecule has 5 nitrogen and oxygen atoms in total. The summed E-state index contributed by atoms with van der Waals surface area (Å²) in [5, 5.41) is 12.1. The number of carbonyl (C=O) groups is 1.